The van der Waals surface area contributed by atoms with E-state index in [1.165, 1.54) is 4.90 Å². The fourth-order valence-corrected chi connectivity index (χ4v) is 3.12. The maximum absolute atomic E-state index is 12.8. The smallest absolute Gasteiger partial charge is 0.280 e. The molecular formula is C23H32N3O4+. The lowest BCUT2D eigenvalue weighted by molar-refractivity contribution is -0.908. The number of nitrogens with zero attached hydrogens (tertiary/aromatic N) is 1. The van der Waals surface area contributed by atoms with Gasteiger partial charge in [-0.1, -0.05) is 17.7 Å². The van der Waals surface area contributed by atoms with Crippen molar-refractivity contribution < 1.29 is 24.0 Å². The average molecular weight is 415 g/mol. The van der Waals surface area contributed by atoms with Crippen LogP contribution in [0.5, 0.6) is 11.5 Å². The number of likely N-dealkylation sites (N-methyl/N-ethyl adjacent to an activating group) is 2. The van der Waals surface area contributed by atoms with Gasteiger partial charge in [0.25, 0.3) is 5.91 Å². The predicted molar refractivity (Wildman–Crippen MR) is 117 cm³/mol. The summed E-state index contributed by atoms with van der Waals surface area (Å²) in [4.78, 5) is 27.6. The lowest BCUT2D eigenvalue weighted by atomic mass is 10.1. The van der Waals surface area contributed by atoms with E-state index in [0.717, 1.165) is 27.5 Å². The molecule has 2 atom stereocenters. The Morgan fingerprint density at radius 3 is 2.37 bits per heavy atom. The summed E-state index contributed by atoms with van der Waals surface area (Å²) in [6.07, 6.45) is 0. The quantitative estimate of drug-likeness (QED) is 0.653. The lowest BCUT2D eigenvalue weighted by Gasteiger charge is -2.26. The van der Waals surface area contributed by atoms with Gasteiger partial charge in [0.15, 0.2) is 6.04 Å². The Morgan fingerprint density at radius 2 is 1.77 bits per heavy atom. The molecule has 2 rings (SSSR count). The molecule has 0 fully saturated rings. The van der Waals surface area contributed by atoms with Crippen LogP contribution < -0.4 is 19.7 Å². The number of hydrogen-bond donors (Lipinski definition) is 2. The number of carbonyl (C=O) groups is 2. The summed E-state index contributed by atoms with van der Waals surface area (Å²) in [5.41, 5.74) is 2.82. The number of quaternary nitrogens is 1. The monoisotopic (exact) mass is 414 g/mol. The zero-order valence-electron chi connectivity index (χ0n) is 18.6. The number of amides is 2. The van der Waals surface area contributed by atoms with Crippen LogP contribution in [0.2, 0.25) is 0 Å². The van der Waals surface area contributed by atoms with Crippen LogP contribution >= 0.6 is 0 Å². The first-order valence-corrected chi connectivity index (χ1v) is 9.89. The minimum absolute atomic E-state index is 0.00378. The molecule has 162 valence electrons. The van der Waals surface area contributed by atoms with Gasteiger partial charge in [0.05, 0.1) is 27.8 Å². The number of rotatable bonds is 9. The highest BCUT2D eigenvalue weighted by molar-refractivity contribution is 5.94. The maximum Gasteiger partial charge on any atom is 0.280 e. The molecule has 2 aromatic carbocycles. The second kappa shape index (κ2) is 10.6. The van der Waals surface area contributed by atoms with Crippen molar-refractivity contribution in [3.63, 3.8) is 0 Å². The predicted octanol–water partition coefficient (Wildman–Crippen LogP) is 1.51. The molecule has 0 aliphatic heterocycles. The molecule has 0 bridgehead atoms. The van der Waals surface area contributed by atoms with E-state index in [1.807, 2.05) is 63.4 Å². The number of methoxy groups -OCH3 is 2. The van der Waals surface area contributed by atoms with Crippen LogP contribution in [0.15, 0.2) is 42.5 Å². The van der Waals surface area contributed by atoms with E-state index in [2.05, 4.69) is 5.32 Å². The Morgan fingerprint density at radius 1 is 1.10 bits per heavy atom. The third-order valence-electron chi connectivity index (χ3n) is 5.17. The molecule has 2 amide bonds. The van der Waals surface area contributed by atoms with Crippen molar-refractivity contribution >= 4 is 17.5 Å². The van der Waals surface area contributed by atoms with Gasteiger partial charge >= 0.3 is 0 Å². The van der Waals surface area contributed by atoms with Crippen molar-refractivity contribution in [3.8, 4) is 11.5 Å². The zero-order valence-corrected chi connectivity index (χ0v) is 18.6. The number of carbonyl (C=O) groups excluding carboxylic acids is 2. The van der Waals surface area contributed by atoms with Gasteiger partial charge in [-0.05, 0) is 38.1 Å². The molecule has 2 aromatic rings. The molecule has 2 N–H and O–H groups in total. The van der Waals surface area contributed by atoms with Crippen LogP contribution in [-0.4, -0.2) is 57.6 Å². The standard InChI is InChI=1S/C23H31N3O4/c1-16-7-10-19(11-8-16)24-22(27)15-26(4)23(28)17(2)25(3)14-18-9-12-20(29-5)13-21(18)30-6/h7-13,17H,14-15H2,1-6H3,(H,24,27)/p+1/t17-/m1/s1. The molecule has 0 aliphatic carbocycles. The van der Waals surface area contributed by atoms with Gasteiger partial charge in [0, 0.05) is 24.4 Å². The van der Waals surface area contributed by atoms with Crippen molar-refractivity contribution in [1.29, 1.82) is 0 Å². The van der Waals surface area contributed by atoms with E-state index in [4.69, 9.17) is 9.47 Å². The van der Waals surface area contributed by atoms with E-state index in [-0.39, 0.29) is 24.4 Å². The first-order chi connectivity index (χ1) is 14.2. The number of ether oxygens (including phenoxy) is 2. The van der Waals surface area contributed by atoms with E-state index in [1.54, 1.807) is 21.3 Å². The molecule has 30 heavy (non-hydrogen) atoms. The van der Waals surface area contributed by atoms with E-state index in [9.17, 15) is 9.59 Å². The molecule has 0 saturated heterocycles. The van der Waals surface area contributed by atoms with Crippen LogP contribution in [-0.2, 0) is 16.1 Å². The van der Waals surface area contributed by atoms with Gasteiger partial charge in [-0.3, -0.25) is 9.59 Å². The molecular weight excluding hydrogens is 382 g/mol. The molecule has 0 heterocycles. The Labute approximate surface area is 178 Å². The third kappa shape index (κ3) is 6.22. The van der Waals surface area contributed by atoms with Gasteiger partial charge in [0.2, 0.25) is 5.91 Å². The summed E-state index contributed by atoms with van der Waals surface area (Å²) < 4.78 is 10.7. The second-order valence-corrected chi connectivity index (χ2v) is 7.53. The highest BCUT2D eigenvalue weighted by atomic mass is 16.5. The molecule has 0 aromatic heterocycles. The highest BCUT2D eigenvalue weighted by Gasteiger charge is 2.27. The van der Waals surface area contributed by atoms with Crippen LogP contribution in [0.3, 0.4) is 0 Å². The minimum Gasteiger partial charge on any atom is -0.497 e. The fourth-order valence-electron chi connectivity index (χ4n) is 3.12. The number of aryl methyl sites for hydroxylation is 1. The van der Waals surface area contributed by atoms with Crippen molar-refractivity contribution in [3.05, 3.63) is 53.6 Å². The minimum atomic E-state index is -0.325. The van der Waals surface area contributed by atoms with Crippen LogP contribution in [0.1, 0.15) is 18.1 Å². The van der Waals surface area contributed by atoms with Crippen molar-refractivity contribution in [2.24, 2.45) is 0 Å². The largest absolute Gasteiger partial charge is 0.497 e. The number of nitrogens with one attached hydrogen (secondary N) is 2. The first kappa shape index (κ1) is 23.2. The van der Waals surface area contributed by atoms with Gasteiger partial charge in [-0.2, -0.15) is 0 Å². The summed E-state index contributed by atoms with van der Waals surface area (Å²) in [5.74, 6) is 1.12. The van der Waals surface area contributed by atoms with Crippen LogP contribution in [0, 0.1) is 6.92 Å². The Bertz CT molecular complexity index is 867. The first-order valence-electron chi connectivity index (χ1n) is 9.89. The van der Waals surface area contributed by atoms with Crippen molar-refractivity contribution in [1.82, 2.24) is 4.90 Å². The third-order valence-corrected chi connectivity index (χ3v) is 5.17. The summed E-state index contributed by atoms with van der Waals surface area (Å²) in [7, 11) is 6.82. The van der Waals surface area contributed by atoms with E-state index < -0.39 is 0 Å². The zero-order chi connectivity index (χ0) is 22.3. The van der Waals surface area contributed by atoms with Gasteiger partial charge in [0.1, 0.15) is 18.0 Å². The molecule has 0 radical (unpaired) electrons. The topological polar surface area (TPSA) is 72.3 Å². The fraction of sp³-hybridized carbons (Fsp3) is 0.391. The van der Waals surface area contributed by atoms with Crippen molar-refractivity contribution in [2.45, 2.75) is 26.4 Å². The number of benzene rings is 2. The Balaban J connectivity index is 1.94. The van der Waals surface area contributed by atoms with Crippen LogP contribution in [0.25, 0.3) is 0 Å². The molecule has 0 spiro atoms. The number of anilines is 1. The highest BCUT2D eigenvalue weighted by Crippen LogP contribution is 2.23. The molecule has 0 saturated carbocycles. The number of hydrogen-bond acceptors (Lipinski definition) is 4. The lowest BCUT2D eigenvalue weighted by Crippen LogP contribution is -3.12. The molecule has 7 heteroatoms. The Kier molecular flexibility index (Phi) is 8.24. The van der Waals surface area contributed by atoms with Crippen LogP contribution in [0.4, 0.5) is 5.69 Å². The van der Waals surface area contributed by atoms with Gasteiger partial charge < -0.3 is 24.6 Å². The second-order valence-electron chi connectivity index (χ2n) is 7.53. The summed E-state index contributed by atoms with van der Waals surface area (Å²) in [6.45, 7) is 4.45. The molecule has 1 unspecified atom stereocenters. The normalized spacial score (nSPS) is 12.6. The SMILES string of the molecule is COc1ccc(C[NH+](C)[C@H](C)C(=O)N(C)CC(=O)Nc2ccc(C)cc2)c(OC)c1. The maximum atomic E-state index is 12.8. The van der Waals surface area contributed by atoms with Crippen molar-refractivity contribution in [2.75, 3.05) is 40.2 Å². The molecule has 0 aliphatic rings. The van der Waals surface area contributed by atoms with E-state index >= 15 is 0 Å². The average Bonchev–Trinajstić information content (AvgIpc) is 2.74. The summed E-state index contributed by atoms with van der Waals surface area (Å²) in [5, 5.41) is 2.82. The summed E-state index contributed by atoms with van der Waals surface area (Å²) >= 11 is 0. The molecule has 7 nitrogen and oxygen atoms in total. The summed E-state index contributed by atoms with van der Waals surface area (Å²) in [6, 6.07) is 12.9. The van der Waals surface area contributed by atoms with Gasteiger partial charge in [-0.25, -0.2) is 0 Å². The van der Waals surface area contributed by atoms with E-state index in [0.29, 0.717) is 12.2 Å². The Hall–Kier alpha value is -3.06. The van der Waals surface area contributed by atoms with Gasteiger partial charge in [-0.15, -0.1) is 0 Å².